The average molecular weight is 331 g/mol. The van der Waals surface area contributed by atoms with Crippen LogP contribution in [0.15, 0.2) is 18.2 Å². The molecule has 2 aliphatic heterocycles. The van der Waals surface area contributed by atoms with Crippen LogP contribution in [-0.4, -0.2) is 59.1 Å². The molecule has 0 aromatic heterocycles. The lowest BCUT2D eigenvalue weighted by Crippen LogP contribution is -2.55. The monoisotopic (exact) mass is 331 g/mol. The van der Waals surface area contributed by atoms with Crippen molar-refractivity contribution < 1.29 is 14.3 Å². The first-order valence-electron chi connectivity index (χ1n) is 8.44. The van der Waals surface area contributed by atoms with Crippen LogP contribution in [0.4, 0.5) is 4.39 Å². The van der Waals surface area contributed by atoms with Gasteiger partial charge in [-0.1, -0.05) is 0 Å². The number of benzene rings is 1. The van der Waals surface area contributed by atoms with Crippen LogP contribution in [0.25, 0.3) is 0 Å². The van der Waals surface area contributed by atoms with Crippen molar-refractivity contribution in [3.63, 3.8) is 0 Å². The van der Waals surface area contributed by atoms with Crippen molar-refractivity contribution in [2.75, 3.05) is 32.7 Å². The Morgan fingerprint density at radius 2 is 2.00 bits per heavy atom. The molecule has 2 saturated heterocycles. The molecule has 1 N–H and O–H groups in total. The number of hydrogen-bond donors (Lipinski definition) is 1. The summed E-state index contributed by atoms with van der Waals surface area (Å²) in [5, 5.41) is 19.8. The summed E-state index contributed by atoms with van der Waals surface area (Å²) >= 11 is 0. The van der Waals surface area contributed by atoms with E-state index < -0.39 is 11.4 Å². The quantitative estimate of drug-likeness (QED) is 0.916. The first-order valence-corrected chi connectivity index (χ1v) is 8.44. The summed E-state index contributed by atoms with van der Waals surface area (Å²) in [5.41, 5.74) is -0.622. The van der Waals surface area contributed by atoms with Gasteiger partial charge in [-0.25, -0.2) is 4.39 Å². The molecule has 1 aromatic rings. The van der Waals surface area contributed by atoms with E-state index in [0.717, 1.165) is 44.5 Å². The molecule has 1 aromatic carbocycles. The standard InChI is InChI=1S/C18H22FN3O2/c19-16-9-14(11-20)8-15(10-16)17(23)22-7-3-4-18(24,13-22)12-21-5-1-2-6-21/h8-10,24H,1-7,12-13H2/t18-/m1/s1. The van der Waals surface area contributed by atoms with Crippen LogP contribution in [0, 0.1) is 17.1 Å². The van der Waals surface area contributed by atoms with Gasteiger partial charge in [0.25, 0.3) is 5.91 Å². The van der Waals surface area contributed by atoms with Gasteiger partial charge in [0.2, 0.25) is 0 Å². The van der Waals surface area contributed by atoms with E-state index in [0.29, 0.717) is 19.5 Å². The number of carbonyl (C=O) groups excluding carboxylic acids is 1. The third kappa shape index (κ3) is 3.74. The molecule has 2 heterocycles. The fraction of sp³-hybridized carbons (Fsp3) is 0.556. The van der Waals surface area contributed by atoms with E-state index in [1.54, 1.807) is 4.90 Å². The number of piperidine rings is 1. The third-order valence-electron chi connectivity index (χ3n) is 4.83. The predicted molar refractivity (Wildman–Crippen MR) is 86.9 cm³/mol. The Kier molecular flexibility index (Phi) is 4.83. The Morgan fingerprint density at radius 1 is 1.25 bits per heavy atom. The molecule has 0 bridgehead atoms. The highest BCUT2D eigenvalue weighted by Gasteiger charge is 2.37. The molecule has 0 saturated carbocycles. The summed E-state index contributed by atoms with van der Waals surface area (Å²) in [7, 11) is 0. The lowest BCUT2D eigenvalue weighted by Gasteiger charge is -2.41. The highest BCUT2D eigenvalue weighted by atomic mass is 19.1. The number of nitriles is 1. The average Bonchev–Trinajstić information content (AvgIpc) is 3.05. The van der Waals surface area contributed by atoms with Crippen LogP contribution in [-0.2, 0) is 0 Å². The van der Waals surface area contributed by atoms with E-state index in [1.807, 2.05) is 6.07 Å². The summed E-state index contributed by atoms with van der Waals surface area (Å²) in [5.74, 6) is -0.924. The summed E-state index contributed by atoms with van der Waals surface area (Å²) in [4.78, 5) is 16.5. The second kappa shape index (κ2) is 6.88. The minimum Gasteiger partial charge on any atom is -0.387 e. The molecular formula is C18H22FN3O2. The zero-order valence-electron chi connectivity index (χ0n) is 13.7. The van der Waals surface area contributed by atoms with E-state index in [4.69, 9.17) is 5.26 Å². The van der Waals surface area contributed by atoms with Crippen LogP contribution in [0.2, 0.25) is 0 Å². The normalized spacial score (nSPS) is 24.8. The summed E-state index contributed by atoms with van der Waals surface area (Å²) in [6.07, 6.45) is 3.69. The molecule has 0 unspecified atom stereocenters. The number of β-amino-alcohol motifs (C(OH)–C–C–N with tert-alkyl or cyclic N) is 1. The van der Waals surface area contributed by atoms with E-state index in [2.05, 4.69) is 4.90 Å². The number of amides is 1. The predicted octanol–water partition coefficient (Wildman–Crippen LogP) is 1.76. The Hall–Kier alpha value is -1.97. The number of halogens is 1. The molecule has 0 radical (unpaired) electrons. The van der Waals surface area contributed by atoms with Crippen molar-refractivity contribution in [2.45, 2.75) is 31.3 Å². The van der Waals surface area contributed by atoms with Crippen molar-refractivity contribution in [2.24, 2.45) is 0 Å². The van der Waals surface area contributed by atoms with Gasteiger partial charge in [-0.15, -0.1) is 0 Å². The van der Waals surface area contributed by atoms with Crippen molar-refractivity contribution >= 4 is 5.91 Å². The van der Waals surface area contributed by atoms with Gasteiger partial charge in [-0.2, -0.15) is 5.26 Å². The van der Waals surface area contributed by atoms with Gasteiger partial charge >= 0.3 is 0 Å². The molecule has 0 aliphatic carbocycles. The van der Waals surface area contributed by atoms with Gasteiger partial charge in [0.05, 0.1) is 23.8 Å². The topological polar surface area (TPSA) is 67.6 Å². The second-order valence-corrected chi connectivity index (χ2v) is 6.88. The number of carbonyl (C=O) groups is 1. The highest BCUT2D eigenvalue weighted by molar-refractivity contribution is 5.94. The van der Waals surface area contributed by atoms with Crippen molar-refractivity contribution in [1.82, 2.24) is 9.80 Å². The molecule has 128 valence electrons. The highest BCUT2D eigenvalue weighted by Crippen LogP contribution is 2.25. The first-order chi connectivity index (χ1) is 11.5. The van der Waals surface area contributed by atoms with Crippen LogP contribution in [0.1, 0.15) is 41.6 Å². The van der Waals surface area contributed by atoms with Gasteiger partial charge in [0, 0.05) is 18.7 Å². The molecule has 6 heteroatoms. The Bertz CT molecular complexity index is 667. The van der Waals surface area contributed by atoms with E-state index in [-0.39, 0.29) is 23.6 Å². The Balaban J connectivity index is 1.73. The molecule has 3 rings (SSSR count). The number of hydrogen-bond acceptors (Lipinski definition) is 4. The number of aliphatic hydroxyl groups is 1. The van der Waals surface area contributed by atoms with Crippen molar-refractivity contribution in [1.29, 1.82) is 5.26 Å². The van der Waals surface area contributed by atoms with Crippen molar-refractivity contribution in [3.05, 3.63) is 35.1 Å². The Labute approximate surface area is 141 Å². The summed E-state index contributed by atoms with van der Waals surface area (Å²) in [6, 6.07) is 5.52. The second-order valence-electron chi connectivity index (χ2n) is 6.88. The number of likely N-dealkylation sites (tertiary alicyclic amines) is 2. The Morgan fingerprint density at radius 3 is 2.71 bits per heavy atom. The van der Waals surface area contributed by atoms with Gasteiger partial charge in [0.15, 0.2) is 0 Å². The fourth-order valence-electron chi connectivity index (χ4n) is 3.73. The largest absolute Gasteiger partial charge is 0.387 e. The zero-order chi connectivity index (χ0) is 17.2. The molecule has 5 nitrogen and oxygen atoms in total. The summed E-state index contributed by atoms with van der Waals surface area (Å²) in [6.45, 7) is 3.35. The van der Waals surface area contributed by atoms with Crippen LogP contribution in [0.3, 0.4) is 0 Å². The van der Waals surface area contributed by atoms with Gasteiger partial charge in [0.1, 0.15) is 5.82 Å². The van der Waals surface area contributed by atoms with Crippen LogP contribution < -0.4 is 0 Å². The summed E-state index contributed by atoms with van der Waals surface area (Å²) < 4.78 is 13.6. The molecule has 1 atom stereocenters. The molecule has 2 aliphatic rings. The molecular weight excluding hydrogens is 309 g/mol. The minimum atomic E-state index is -0.913. The SMILES string of the molecule is N#Cc1cc(F)cc(C(=O)N2CCC[C@@](O)(CN3CCCC3)C2)c1. The van der Waals surface area contributed by atoms with Gasteiger partial charge in [-0.05, 0) is 57.0 Å². The number of nitrogens with zero attached hydrogens (tertiary/aromatic N) is 3. The zero-order valence-corrected chi connectivity index (χ0v) is 13.7. The van der Waals surface area contributed by atoms with E-state index >= 15 is 0 Å². The molecule has 0 spiro atoms. The maximum Gasteiger partial charge on any atom is 0.254 e. The molecule has 2 fully saturated rings. The minimum absolute atomic E-state index is 0.127. The third-order valence-corrected chi connectivity index (χ3v) is 4.83. The van der Waals surface area contributed by atoms with Gasteiger partial charge in [-0.3, -0.25) is 4.79 Å². The maximum atomic E-state index is 13.6. The molecule has 24 heavy (non-hydrogen) atoms. The maximum absolute atomic E-state index is 13.6. The number of rotatable bonds is 3. The molecule has 1 amide bonds. The van der Waals surface area contributed by atoms with Crippen LogP contribution >= 0.6 is 0 Å². The fourth-order valence-corrected chi connectivity index (χ4v) is 3.73. The first kappa shape index (κ1) is 16.9. The lowest BCUT2D eigenvalue weighted by atomic mass is 9.91. The lowest BCUT2D eigenvalue weighted by molar-refractivity contribution is -0.0431. The van der Waals surface area contributed by atoms with E-state index in [9.17, 15) is 14.3 Å². The van der Waals surface area contributed by atoms with E-state index in [1.165, 1.54) is 6.07 Å². The smallest absolute Gasteiger partial charge is 0.254 e. The van der Waals surface area contributed by atoms with Crippen molar-refractivity contribution in [3.8, 4) is 6.07 Å². The van der Waals surface area contributed by atoms with Crippen LogP contribution in [0.5, 0.6) is 0 Å². The van der Waals surface area contributed by atoms with Gasteiger partial charge < -0.3 is 14.9 Å².